The van der Waals surface area contributed by atoms with Gasteiger partial charge in [0.25, 0.3) is 0 Å². The minimum atomic E-state index is -0.528. The number of amides is 1. The van der Waals surface area contributed by atoms with Gasteiger partial charge in [-0.25, -0.2) is 4.68 Å². The van der Waals surface area contributed by atoms with Crippen LogP contribution in [0.5, 0.6) is 5.75 Å². The second-order valence-electron chi connectivity index (χ2n) is 8.05. The number of primary amides is 1. The summed E-state index contributed by atoms with van der Waals surface area (Å²) in [4.78, 5) is 17.2. The van der Waals surface area contributed by atoms with Gasteiger partial charge in [-0.1, -0.05) is 67.6 Å². The van der Waals surface area contributed by atoms with Gasteiger partial charge < -0.3 is 15.8 Å². The van der Waals surface area contributed by atoms with Gasteiger partial charge in [0.05, 0.1) is 5.57 Å². The van der Waals surface area contributed by atoms with Crippen molar-refractivity contribution in [1.82, 2.24) is 14.8 Å². The van der Waals surface area contributed by atoms with E-state index in [9.17, 15) is 4.79 Å². The number of hydrogen-bond donors (Lipinski definition) is 2. The molecule has 3 aromatic rings. The van der Waals surface area contributed by atoms with Crippen LogP contribution in [0.1, 0.15) is 49.4 Å². The smallest absolute Gasteiger partial charge is 0.248 e. The number of nitrogens with two attached hydrogens (primary N) is 1. The molecule has 2 aromatic carbocycles. The maximum Gasteiger partial charge on any atom is 0.248 e. The molecule has 0 fully saturated rings. The Balaban J connectivity index is 1.72. The first-order chi connectivity index (χ1) is 16.0. The minimum absolute atomic E-state index is 0.422. The van der Waals surface area contributed by atoms with Crippen LogP contribution in [-0.2, 0) is 11.4 Å². The number of aryl methyl sites for hydroxylation is 1. The van der Waals surface area contributed by atoms with Crippen LogP contribution in [-0.4, -0.2) is 26.4 Å². The van der Waals surface area contributed by atoms with E-state index < -0.39 is 11.9 Å². The molecule has 4 rings (SSSR count). The van der Waals surface area contributed by atoms with Gasteiger partial charge in [0.15, 0.2) is 0 Å². The standard InChI is InChI=1S/C25H29N5O2S/c1-4-5-14-33-25-28-24-27-17(3)21(23(26)31)22(30(24)29-25)19-12-8-9-13-20(19)32-15-18-11-7-6-10-16(18)2/h6-13,22H,4-5,14-15H2,1-3H3,(H2,26,31)(H,27,28,29). The largest absolute Gasteiger partial charge is 0.489 e. The summed E-state index contributed by atoms with van der Waals surface area (Å²) >= 11 is 1.61. The molecule has 1 aromatic heterocycles. The first kappa shape index (κ1) is 22.9. The summed E-state index contributed by atoms with van der Waals surface area (Å²) in [5, 5.41) is 8.60. The Labute approximate surface area is 198 Å². The Morgan fingerprint density at radius 1 is 1.18 bits per heavy atom. The molecule has 1 aliphatic heterocycles. The third-order valence-corrected chi connectivity index (χ3v) is 6.61. The molecule has 0 saturated carbocycles. The lowest BCUT2D eigenvalue weighted by atomic mass is 9.94. The molecule has 7 nitrogen and oxygen atoms in total. The SMILES string of the molecule is CCCCSc1nc2n(n1)C(c1ccccc1OCc1ccccc1C)C(C(N)=O)=C(C)N2. The summed E-state index contributed by atoms with van der Waals surface area (Å²) in [7, 11) is 0. The van der Waals surface area contributed by atoms with Gasteiger partial charge in [-0.3, -0.25) is 4.79 Å². The van der Waals surface area contributed by atoms with E-state index in [4.69, 9.17) is 15.6 Å². The number of nitrogens with zero attached hydrogens (tertiary/aromatic N) is 3. The summed E-state index contributed by atoms with van der Waals surface area (Å²) in [5.41, 5.74) is 10.0. The summed E-state index contributed by atoms with van der Waals surface area (Å²) in [6.45, 7) is 6.48. The minimum Gasteiger partial charge on any atom is -0.489 e. The van der Waals surface area contributed by atoms with Crippen LogP contribution in [0.3, 0.4) is 0 Å². The van der Waals surface area contributed by atoms with Crippen LogP contribution in [0.25, 0.3) is 0 Å². The van der Waals surface area contributed by atoms with E-state index in [0.29, 0.717) is 34.7 Å². The van der Waals surface area contributed by atoms with Crippen molar-refractivity contribution in [3.63, 3.8) is 0 Å². The highest BCUT2D eigenvalue weighted by molar-refractivity contribution is 7.99. The Kier molecular flexibility index (Phi) is 7.03. The van der Waals surface area contributed by atoms with Crippen molar-refractivity contribution in [2.75, 3.05) is 11.1 Å². The number of aromatic nitrogens is 3. The highest BCUT2D eigenvalue weighted by atomic mass is 32.2. The van der Waals surface area contributed by atoms with Gasteiger partial charge in [0.2, 0.25) is 17.0 Å². The van der Waals surface area contributed by atoms with E-state index in [1.54, 1.807) is 16.4 Å². The molecular formula is C25H29N5O2S. The monoisotopic (exact) mass is 463 g/mol. The Morgan fingerprint density at radius 2 is 1.94 bits per heavy atom. The van der Waals surface area contributed by atoms with Crippen LogP contribution >= 0.6 is 11.8 Å². The van der Waals surface area contributed by atoms with Crippen LogP contribution in [0, 0.1) is 6.92 Å². The second kappa shape index (κ2) is 10.1. The maximum atomic E-state index is 12.5. The summed E-state index contributed by atoms with van der Waals surface area (Å²) in [6.07, 6.45) is 2.20. The van der Waals surface area contributed by atoms with Crippen LogP contribution in [0.15, 0.2) is 65.0 Å². The molecule has 2 heterocycles. The fourth-order valence-electron chi connectivity index (χ4n) is 3.87. The zero-order valence-electron chi connectivity index (χ0n) is 19.2. The molecule has 0 radical (unpaired) electrons. The second-order valence-corrected chi connectivity index (χ2v) is 9.11. The molecule has 1 amide bonds. The van der Waals surface area contributed by atoms with Crippen LogP contribution in [0.4, 0.5) is 5.95 Å². The maximum absolute atomic E-state index is 12.5. The van der Waals surface area contributed by atoms with E-state index >= 15 is 0 Å². The van der Waals surface area contributed by atoms with Crippen molar-refractivity contribution in [1.29, 1.82) is 0 Å². The van der Waals surface area contributed by atoms with E-state index in [2.05, 4.69) is 36.3 Å². The predicted octanol–water partition coefficient (Wildman–Crippen LogP) is 4.83. The Morgan fingerprint density at radius 3 is 2.70 bits per heavy atom. The molecule has 172 valence electrons. The first-order valence-electron chi connectivity index (χ1n) is 11.1. The number of benzene rings is 2. The number of carbonyl (C=O) groups is 1. The quantitative estimate of drug-likeness (QED) is 0.349. The number of para-hydroxylation sites is 1. The third-order valence-electron chi connectivity index (χ3n) is 5.69. The van der Waals surface area contributed by atoms with Crippen molar-refractivity contribution in [3.05, 3.63) is 76.5 Å². The predicted molar refractivity (Wildman–Crippen MR) is 131 cm³/mol. The molecule has 0 aliphatic carbocycles. The molecule has 0 spiro atoms. The van der Waals surface area contributed by atoms with E-state index in [-0.39, 0.29) is 0 Å². The lowest BCUT2D eigenvalue weighted by Gasteiger charge is -2.28. The molecule has 0 saturated heterocycles. The van der Waals surface area contributed by atoms with E-state index in [0.717, 1.165) is 35.3 Å². The molecule has 1 aliphatic rings. The lowest BCUT2D eigenvalue weighted by Crippen LogP contribution is -2.32. The number of hydrogen-bond acceptors (Lipinski definition) is 6. The Hall–Kier alpha value is -3.26. The molecule has 3 N–H and O–H groups in total. The molecule has 8 heteroatoms. The molecule has 0 bridgehead atoms. The van der Waals surface area contributed by atoms with Gasteiger partial charge in [-0.15, -0.1) is 5.10 Å². The van der Waals surface area contributed by atoms with E-state index in [1.165, 1.54) is 0 Å². The summed E-state index contributed by atoms with van der Waals surface area (Å²) in [6, 6.07) is 15.3. The number of anilines is 1. The van der Waals surface area contributed by atoms with E-state index in [1.807, 2.05) is 43.3 Å². The highest BCUT2D eigenvalue weighted by Gasteiger charge is 2.35. The number of nitrogens with one attached hydrogen (secondary N) is 1. The normalized spacial score (nSPS) is 15.2. The number of allylic oxidation sites excluding steroid dienone is 1. The fourth-order valence-corrected chi connectivity index (χ4v) is 4.78. The average Bonchev–Trinajstić information content (AvgIpc) is 3.20. The van der Waals surface area contributed by atoms with Gasteiger partial charge in [0, 0.05) is 17.0 Å². The fraction of sp³-hybridized carbons (Fsp3) is 0.320. The van der Waals surface area contributed by atoms with Crippen LogP contribution < -0.4 is 15.8 Å². The number of fused-ring (bicyclic) bond motifs is 1. The number of ether oxygens (including phenoxy) is 1. The Bertz CT molecular complexity index is 1190. The zero-order chi connectivity index (χ0) is 23.4. The number of thioether (sulfide) groups is 1. The van der Waals surface area contributed by atoms with Gasteiger partial charge in [-0.05, 0) is 37.5 Å². The summed E-state index contributed by atoms with van der Waals surface area (Å²) < 4.78 is 8.01. The van der Waals surface area contributed by atoms with Gasteiger partial charge in [-0.2, -0.15) is 4.98 Å². The number of rotatable bonds is 9. The topological polar surface area (TPSA) is 95.1 Å². The van der Waals surface area contributed by atoms with Crippen molar-refractivity contribution in [2.24, 2.45) is 5.73 Å². The van der Waals surface area contributed by atoms with Gasteiger partial charge in [0.1, 0.15) is 18.4 Å². The summed E-state index contributed by atoms with van der Waals surface area (Å²) in [5.74, 6) is 1.71. The third kappa shape index (κ3) is 4.90. The number of carbonyl (C=O) groups excluding carboxylic acids is 1. The molecule has 1 atom stereocenters. The van der Waals surface area contributed by atoms with Crippen molar-refractivity contribution in [2.45, 2.75) is 51.4 Å². The van der Waals surface area contributed by atoms with Gasteiger partial charge >= 0.3 is 0 Å². The first-order valence-corrected chi connectivity index (χ1v) is 12.1. The van der Waals surface area contributed by atoms with Crippen molar-refractivity contribution in [3.8, 4) is 5.75 Å². The number of unbranched alkanes of at least 4 members (excludes halogenated alkanes) is 1. The molecule has 1 unspecified atom stereocenters. The van der Waals surface area contributed by atoms with Crippen molar-refractivity contribution >= 4 is 23.6 Å². The van der Waals surface area contributed by atoms with Crippen molar-refractivity contribution < 1.29 is 9.53 Å². The molecule has 33 heavy (non-hydrogen) atoms. The highest BCUT2D eigenvalue weighted by Crippen LogP contribution is 2.39. The van der Waals surface area contributed by atoms with Crippen LogP contribution in [0.2, 0.25) is 0 Å². The average molecular weight is 464 g/mol. The molecular weight excluding hydrogens is 434 g/mol. The lowest BCUT2D eigenvalue weighted by molar-refractivity contribution is -0.115. The zero-order valence-corrected chi connectivity index (χ0v) is 20.0.